The molecule has 24 heavy (non-hydrogen) atoms. The fraction of sp³-hybridized carbons (Fsp3) is 0.444. The summed E-state index contributed by atoms with van der Waals surface area (Å²) in [5, 5.41) is 0. The summed E-state index contributed by atoms with van der Waals surface area (Å²) in [5.74, 6) is 1.73. The summed E-state index contributed by atoms with van der Waals surface area (Å²) in [4.78, 5) is 21.1. The van der Waals surface area contributed by atoms with Gasteiger partial charge in [-0.2, -0.15) is 4.98 Å². The van der Waals surface area contributed by atoms with Crippen molar-refractivity contribution in [1.29, 1.82) is 0 Å². The van der Waals surface area contributed by atoms with Crippen molar-refractivity contribution in [1.82, 2.24) is 9.55 Å². The van der Waals surface area contributed by atoms with Gasteiger partial charge in [-0.05, 0) is 37.3 Å². The third kappa shape index (κ3) is 3.29. The lowest BCUT2D eigenvalue weighted by atomic mass is 10.00. The van der Waals surface area contributed by atoms with E-state index in [-0.39, 0.29) is 5.56 Å². The molecule has 3 rings (SSSR count). The highest BCUT2D eigenvalue weighted by Gasteiger charge is 2.22. The van der Waals surface area contributed by atoms with Crippen LogP contribution < -0.4 is 16.2 Å². The normalized spacial score (nSPS) is 15.7. The van der Waals surface area contributed by atoms with E-state index in [4.69, 9.17) is 5.73 Å². The molecule has 1 aromatic carbocycles. The molecule has 0 saturated carbocycles. The molecule has 2 aromatic rings. The Morgan fingerprint density at radius 3 is 2.58 bits per heavy atom. The quantitative estimate of drug-likeness (QED) is 0.927. The Hall–Kier alpha value is -1.95. The van der Waals surface area contributed by atoms with Crippen molar-refractivity contribution in [3.05, 3.63) is 40.2 Å². The van der Waals surface area contributed by atoms with Crippen LogP contribution in [0, 0.1) is 12.8 Å². The number of nitrogens with two attached hydrogens (primary N) is 1. The maximum Gasteiger partial charge on any atom is 0.270 e. The van der Waals surface area contributed by atoms with Crippen LogP contribution in [0.5, 0.6) is 0 Å². The zero-order valence-corrected chi connectivity index (χ0v) is 15.3. The van der Waals surface area contributed by atoms with Gasteiger partial charge in [-0.25, -0.2) is 0 Å². The monoisotopic (exact) mass is 344 g/mol. The minimum atomic E-state index is -0.0793. The predicted molar refractivity (Wildman–Crippen MR) is 99.8 cm³/mol. The van der Waals surface area contributed by atoms with Crippen molar-refractivity contribution in [2.24, 2.45) is 13.0 Å². The summed E-state index contributed by atoms with van der Waals surface area (Å²) < 4.78 is 1.63. The van der Waals surface area contributed by atoms with Crippen LogP contribution in [0.3, 0.4) is 0 Å². The van der Waals surface area contributed by atoms with E-state index in [0.717, 1.165) is 42.3 Å². The predicted octanol–water partition coefficient (Wildman–Crippen LogP) is 3.06. The van der Waals surface area contributed by atoms with Crippen LogP contribution in [-0.4, -0.2) is 22.6 Å². The van der Waals surface area contributed by atoms with Crippen molar-refractivity contribution in [2.45, 2.75) is 36.5 Å². The smallest absolute Gasteiger partial charge is 0.270 e. The van der Waals surface area contributed by atoms with E-state index >= 15 is 0 Å². The van der Waals surface area contributed by atoms with Crippen molar-refractivity contribution >= 4 is 23.5 Å². The Labute approximate surface area is 146 Å². The van der Waals surface area contributed by atoms with Gasteiger partial charge in [0.05, 0.1) is 0 Å². The zero-order chi connectivity index (χ0) is 17.3. The molecule has 2 N–H and O–H groups in total. The van der Waals surface area contributed by atoms with Crippen LogP contribution in [0.4, 0.5) is 11.8 Å². The highest BCUT2D eigenvalue weighted by atomic mass is 32.2. The number of hydrogen-bond acceptors (Lipinski definition) is 5. The van der Waals surface area contributed by atoms with E-state index in [1.54, 1.807) is 11.6 Å². The van der Waals surface area contributed by atoms with Crippen LogP contribution in [0.15, 0.2) is 38.9 Å². The lowest BCUT2D eigenvalue weighted by Gasteiger charge is -2.32. The molecular weight excluding hydrogens is 320 g/mol. The van der Waals surface area contributed by atoms with Crippen LogP contribution in [0.2, 0.25) is 0 Å². The van der Waals surface area contributed by atoms with Crippen molar-refractivity contribution in [2.75, 3.05) is 23.7 Å². The van der Waals surface area contributed by atoms with Gasteiger partial charge in [0, 0.05) is 25.0 Å². The van der Waals surface area contributed by atoms with E-state index in [2.05, 4.69) is 16.8 Å². The molecule has 0 spiro atoms. The lowest BCUT2D eigenvalue weighted by Crippen LogP contribution is -2.38. The van der Waals surface area contributed by atoms with Gasteiger partial charge in [0.2, 0.25) is 5.95 Å². The molecule has 1 aliphatic rings. The molecule has 1 aliphatic heterocycles. The molecule has 1 saturated heterocycles. The number of benzene rings is 1. The third-order valence-electron chi connectivity index (χ3n) is 4.62. The average molecular weight is 344 g/mol. The summed E-state index contributed by atoms with van der Waals surface area (Å²) in [6.07, 6.45) is 2.24. The fourth-order valence-electron chi connectivity index (χ4n) is 2.95. The first-order chi connectivity index (χ1) is 11.5. The first-order valence-electron chi connectivity index (χ1n) is 8.32. The Balaban J connectivity index is 1.94. The van der Waals surface area contributed by atoms with E-state index in [9.17, 15) is 4.79 Å². The van der Waals surface area contributed by atoms with Gasteiger partial charge in [0.15, 0.2) is 0 Å². The number of hydrogen-bond donors (Lipinski definition) is 1. The van der Waals surface area contributed by atoms with E-state index in [1.807, 2.05) is 31.2 Å². The van der Waals surface area contributed by atoms with Gasteiger partial charge in [-0.1, -0.05) is 36.9 Å². The second kappa shape index (κ2) is 6.89. The molecule has 6 heteroatoms. The molecule has 0 radical (unpaired) electrons. The molecule has 0 atom stereocenters. The molecular formula is C18H24N4OS. The molecule has 0 bridgehead atoms. The highest BCUT2D eigenvalue weighted by molar-refractivity contribution is 7.99. The fourth-order valence-corrected chi connectivity index (χ4v) is 3.92. The second-order valence-electron chi connectivity index (χ2n) is 6.53. The van der Waals surface area contributed by atoms with Crippen molar-refractivity contribution in [3.63, 3.8) is 0 Å². The molecule has 0 aliphatic carbocycles. The maximum absolute atomic E-state index is 12.8. The van der Waals surface area contributed by atoms with Gasteiger partial charge in [0.1, 0.15) is 10.7 Å². The summed E-state index contributed by atoms with van der Waals surface area (Å²) in [5.41, 5.74) is 7.19. The van der Waals surface area contributed by atoms with E-state index in [0.29, 0.717) is 16.7 Å². The standard InChI is InChI=1S/C18H24N4OS/c1-12-8-10-22(11-9-12)18-20-16(19)15(17(23)21(18)3)24-14-7-5-4-6-13(14)2/h4-7,12H,8-11,19H2,1-3H3. The van der Waals surface area contributed by atoms with Gasteiger partial charge in [-0.3, -0.25) is 9.36 Å². The number of nitrogens with zero attached hydrogens (tertiary/aromatic N) is 3. The Morgan fingerprint density at radius 2 is 1.92 bits per heavy atom. The maximum atomic E-state index is 12.8. The van der Waals surface area contributed by atoms with Crippen LogP contribution in [-0.2, 0) is 7.05 Å². The summed E-state index contributed by atoms with van der Waals surface area (Å²) in [7, 11) is 1.78. The van der Waals surface area contributed by atoms with E-state index < -0.39 is 0 Å². The van der Waals surface area contributed by atoms with Gasteiger partial charge >= 0.3 is 0 Å². The molecule has 1 aromatic heterocycles. The molecule has 1 fully saturated rings. The number of nitrogen functional groups attached to an aromatic ring is 1. The Kier molecular flexibility index (Phi) is 4.85. The SMILES string of the molecule is Cc1ccccc1Sc1c(N)nc(N2CCC(C)CC2)n(C)c1=O. The van der Waals surface area contributed by atoms with Crippen molar-refractivity contribution < 1.29 is 0 Å². The molecule has 0 unspecified atom stereocenters. The zero-order valence-electron chi connectivity index (χ0n) is 14.5. The number of aromatic nitrogens is 2. The first kappa shape index (κ1) is 16.9. The highest BCUT2D eigenvalue weighted by Crippen LogP contribution is 2.32. The largest absolute Gasteiger partial charge is 0.382 e. The summed E-state index contributed by atoms with van der Waals surface area (Å²) in [6, 6.07) is 7.98. The summed E-state index contributed by atoms with van der Waals surface area (Å²) >= 11 is 1.40. The van der Waals surface area contributed by atoms with Crippen molar-refractivity contribution in [3.8, 4) is 0 Å². The van der Waals surface area contributed by atoms with Crippen LogP contribution in [0.1, 0.15) is 25.3 Å². The molecule has 128 valence electrons. The minimum Gasteiger partial charge on any atom is -0.382 e. The molecule has 5 nitrogen and oxygen atoms in total. The Bertz CT molecular complexity index is 794. The number of anilines is 2. The summed E-state index contributed by atoms with van der Waals surface area (Å²) in [6.45, 7) is 6.14. The minimum absolute atomic E-state index is 0.0793. The topological polar surface area (TPSA) is 64.2 Å². The average Bonchev–Trinajstić information content (AvgIpc) is 2.57. The van der Waals surface area contributed by atoms with Gasteiger partial charge < -0.3 is 10.6 Å². The first-order valence-corrected chi connectivity index (χ1v) is 9.14. The number of rotatable bonds is 3. The number of aryl methyl sites for hydroxylation is 1. The van der Waals surface area contributed by atoms with E-state index in [1.165, 1.54) is 11.8 Å². The van der Waals surface area contributed by atoms with Crippen LogP contribution >= 0.6 is 11.8 Å². The lowest BCUT2D eigenvalue weighted by molar-refractivity contribution is 0.430. The van der Waals surface area contributed by atoms with Gasteiger partial charge in [-0.15, -0.1) is 0 Å². The third-order valence-corrected chi connectivity index (χ3v) is 5.89. The Morgan fingerprint density at radius 1 is 1.25 bits per heavy atom. The number of piperidine rings is 1. The van der Waals surface area contributed by atoms with Gasteiger partial charge in [0.25, 0.3) is 5.56 Å². The van der Waals surface area contributed by atoms with Crippen LogP contribution in [0.25, 0.3) is 0 Å². The molecule has 0 amide bonds. The molecule has 2 heterocycles. The second-order valence-corrected chi connectivity index (χ2v) is 7.58.